The Morgan fingerprint density at radius 1 is 0.292 bits per heavy atom. The summed E-state index contributed by atoms with van der Waals surface area (Å²) >= 11 is 0. The normalized spacial score (nSPS) is 13.5. The van der Waals surface area contributed by atoms with Gasteiger partial charge in [0.1, 0.15) is 0 Å². The van der Waals surface area contributed by atoms with Gasteiger partial charge in [0, 0.05) is 83.9 Å². The van der Waals surface area contributed by atoms with Crippen molar-refractivity contribution in [2.75, 3.05) is 14.7 Å². The zero-order chi connectivity index (χ0) is 77.5. The number of hydrogen-bond donors (Lipinski definition) is 0. The number of anilines is 9. The molecule has 0 N–H and O–H groups in total. The fourth-order valence-corrected chi connectivity index (χ4v) is 16.6. The molecule has 0 spiro atoms. The van der Waals surface area contributed by atoms with E-state index in [4.69, 9.17) is 2.74 Å². The predicted octanol–water partition coefficient (Wildman–Crippen LogP) is 25.1. The van der Waals surface area contributed by atoms with E-state index < -0.39 is 43.0 Å². The number of nitrogens with zero attached hydrogens (tertiary/aromatic N) is 5. The van der Waals surface area contributed by atoms with Crippen LogP contribution in [0.4, 0.5) is 51.2 Å². The monoisotopic (exact) mass is 1360 g/mol. The van der Waals surface area contributed by atoms with Gasteiger partial charge in [-0.15, -0.1) is 0 Å². The van der Waals surface area contributed by atoms with Crippen molar-refractivity contribution < 1.29 is 11.0 Å². The molecule has 0 saturated heterocycles. The van der Waals surface area contributed by atoms with E-state index >= 15 is 0 Å². The number of hydrogen-bond acceptors (Lipinski definition) is 3. The quantitative estimate of drug-likeness (QED) is 0.114. The lowest BCUT2D eigenvalue weighted by Crippen LogP contribution is -2.61. The van der Waals surface area contributed by atoms with E-state index in [0.29, 0.717) is 5.69 Å². The summed E-state index contributed by atoms with van der Waals surface area (Å²) in [6.45, 7) is 6.25. The standard InChI is InChI=1S/C100H72BN5/c1-100(2,3)75-39-28-38-71(59-75)72-52-55-88-94(62-72)106(99-82(69-34-14-6-15-35-69)47-29-48-83(99)70-36-16-7-17-37-70)97-66-81(104-92-51-27-24-46-86(92)87-63-78(54-57-93(87)104)102(76-40-18-8-19-41-76)77-42-20-9-21-43-77)65-96-98(97)101(88)89-56-53-79(103-90-49-25-22-44-84(90)85-45-23-26-50-91(85)103)64-95(89)105(96)80-60-73(67-30-10-4-11-31-67)58-74(61-80)68-32-12-5-13-33-68/h4-66H,1-3H3/i22D,23D,25D,26D,44D,45D,49D,50D. The minimum absolute atomic E-state index is 0.00204. The maximum Gasteiger partial charge on any atom is 0.252 e. The highest BCUT2D eigenvalue weighted by atomic mass is 15.2. The van der Waals surface area contributed by atoms with Gasteiger partial charge in [0.2, 0.25) is 0 Å². The molecule has 0 aliphatic carbocycles. The van der Waals surface area contributed by atoms with Crippen molar-refractivity contribution in [3.63, 3.8) is 0 Å². The smallest absolute Gasteiger partial charge is 0.252 e. The van der Waals surface area contributed by atoms with Crippen LogP contribution in [0.15, 0.2) is 382 Å². The van der Waals surface area contributed by atoms with Crippen LogP contribution in [0.2, 0.25) is 0 Å². The highest BCUT2D eigenvalue weighted by Gasteiger charge is 2.45. The van der Waals surface area contributed by atoms with E-state index in [9.17, 15) is 8.22 Å². The van der Waals surface area contributed by atoms with Crippen LogP contribution in [-0.2, 0) is 5.41 Å². The molecule has 20 rings (SSSR count). The molecule has 2 aliphatic rings. The van der Waals surface area contributed by atoms with E-state index in [2.05, 4.69) is 355 Å². The molecule has 6 heteroatoms. The van der Waals surface area contributed by atoms with Crippen molar-refractivity contribution >= 4 is 118 Å². The fourth-order valence-electron chi connectivity index (χ4n) is 16.6. The predicted molar refractivity (Wildman–Crippen MR) is 450 cm³/mol. The van der Waals surface area contributed by atoms with Crippen LogP contribution in [-0.4, -0.2) is 15.8 Å². The molecular formula is C100H72BN5. The second kappa shape index (κ2) is 25.2. The van der Waals surface area contributed by atoms with E-state index in [-0.39, 0.29) is 39.3 Å². The van der Waals surface area contributed by atoms with Crippen LogP contribution >= 0.6 is 0 Å². The fraction of sp³-hybridized carbons (Fsp3) is 0.0400. The molecule has 0 radical (unpaired) electrons. The Morgan fingerprint density at radius 2 is 0.764 bits per heavy atom. The van der Waals surface area contributed by atoms with Gasteiger partial charge in [-0.1, -0.05) is 294 Å². The number of aromatic nitrogens is 2. The van der Waals surface area contributed by atoms with E-state index in [1.54, 1.807) is 4.57 Å². The van der Waals surface area contributed by atoms with Crippen LogP contribution in [0.1, 0.15) is 37.3 Å². The van der Waals surface area contributed by atoms with Gasteiger partial charge in [0.05, 0.1) is 44.4 Å². The first-order valence-corrected chi connectivity index (χ1v) is 36.2. The molecule has 0 bridgehead atoms. The van der Waals surface area contributed by atoms with Crippen LogP contribution < -0.4 is 31.1 Å². The highest BCUT2D eigenvalue weighted by Crippen LogP contribution is 2.53. The lowest BCUT2D eigenvalue weighted by Gasteiger charge is -2.45. The number of para-hydroxylation sites is 6. The Kier molecular flexibility index (Phi) is 12.9. The van der Waals surface area contributed by atoms with Crippen molar-refractivity contribution in [3.8, 4) is 67.0 Å². The van der Waals surface area contributed by atoms with Crippen LogP contribution in [0.5, 0.6) is 0 Å². The SMILES string of the molecule is [2H]c1c([2H])c([2H])c2c(c1[2H])c1c([2H])c([2H])c([2H])c([2H])c1n2-c1ccc2c(c1)N(c1cc(-c3ccccc3)cc(-c3ccccc3)c1)c1cc(-n3c4ccccc4c4cc(N(c5ccccc5)c5ccccc5)ccc43)cc3c1B2c1ccc(-c2cccc(C(C)(C)C)c2)cc1N3c1c(-c2ccccc2)cccc1-c1ccccc1. The number of benzene rings is 16. The summed E-state index contributed by atoms with van der Waals surface area (Å²) in [4.78, 5) is 7.26. The summed E-state index contributed by atoms with van der Waals surface area (Å²) in [7, 11) is 0. The van der Waals surface area contributed by atoms with Gasteiger partial charge in [-0.3, -0.25) is 0 Å². The second-order valence-electron chi connectivity index (χ2n) is 28.6. The van der Waals surface area contributed by atoms with Gasteiger partial charge < -0.3 is 23.8 Å². The third kappa shape index (κ3) is 10.4. The molecular weight excluding hydrogens is 1280 g/mol. The molecule has 18 aromatic rings. The second-order valence-corrected chi connectivity index (χ2v) is 28.6. The summed E-state index contributed by atoms with van der Waals surface area (Å²) in [5, 5.41) is 2.11. The molecule has 2 aliphatic heterocycles. The first-order chi connectivity index (χ1) is 55.6. The van der Waals surface area contributed by atoms with Crippen LogP contribution in [0.3, 0.4) is 0 Å². The average Bonchev–Trinajstić information content (AvgIpc) is 0.991. The topological polar surface area (TPSA) is 19.6 Å². The summed E-state index contributed by atoms with van der Waals surface area (Å²) in [6.07, 6.45) is 0. The van der Waals surface area contributed by atoms with Gasteiger partial charge >= 0.3 is 0 Å². The van der Waals surface area contributed by atoms with Gasteiger partial charge in [0.25, 0.3) is 6.71 Å². The van der Waals surface area contributed by atoms with Crippen molar-refractivity contribution in [2.24, 2.45) is 0 Å². The van der Waals surface area contributed by atoms with E-state index in [0.717, 1.165) is 151 Å². The molecule has 0 fully saturated rings. The van der Waals surface area contributed by atoms with E-state index in [1.165, 1.54) is 5.56 Å². The molecule has 5 nitrogen and oxygen atoms in total. The number of rotatable bonds is 12. The Balaban J connectivity index is 0.968. The molecule has 4 heterocycles. The van der Waals surface area contributed by atoms with Crippen molar-refractivity contribution in [1.82, 2.24) is 9.13 Å². The molecule has 106 heavy (non-hydrogen) atoms. The molecule has 0 saturated carbocycles. The Hall–Kier alpha value is -13.4. The Labute approximate surface area is 630 Å². The Bertz CT molecular complexity index is 6720. The van der Waals surface area contributed by atoms with Crippen LogP contribution in [0.25, 0.3) is 111 Å². The van der Waals surface area contributed by atoms with Gasteiger partial charge in [-0.2, -0.15) is 0 Å². The van der Waals surface area contributed by atoms with Gasteiger partial charge in [-0.25, -0.2) is 0 Å². The van der Waals surface area contributed by atoms with Crippen molar-refractivity contribution in [2.45, 2.75) is 26.2 Å². The summed E-state index contributed by atoms with van der Waals surface area (Å²) < 4.78 is 79.8. The molecule has 0 atom stereocenters. The first-order valence-electron chi connectivity index (χ1n) is 40.2. The summed E-state index contributed by atoms with van der Waals surface area (Å²) in [6, 6.07) is 116. The highest BCUT2D eigenvalue weighted by molar-refractivity contribution is 7.00. The molecule has 16 aromatic carbocycles. The molecule has 0 unspecified atom stereocenters. The lowest BCUT2D eigenvalue weighted by atomic mass is 9.33. The molecule has 0 amide bonds. The van der Waals surface area contributed by atoms with Gasteiger partial charge in [-0.05, 0) is 181 Å². The Morgan fingerprint density at radius 3 is 1.36 bits per heavy atom. The third-order valence-corrected chi connectivity index (χ3v) is 21.4. The minimum atomic E-state index is -0.518. The zero-order valence-corrected chi connectivity index (χ0v) is 58.6. The van der Waals surface area contributed by atoms with Crippen molar-refractivity contribution in [3.05, 3.63) is 388 Å². The zero-order valence-electron chi connectivity index (χ0n) is 66.6. The largest absolute Gasteiger partial charge is 0.311 e. The third-order valence-electron chi connectivity index (χ3n) is 21.4. The van der Waals surface area contributed by atoms with Crippen molar-refractivity contribution in [1.29, 1.82) is 0 Å². The lowest BCUT2D eigenvalue weighted by molar-refractivity contribution is 0.590. The summed E-state index contributed by atoms with van der Waals surface area (Å²) in [5.74, 6) is 0. The van der Waals surface area contributed by atoms with Gasteiger partial charge in [0.15, 0.2) is 0 Å². The van der Waals surface area contributed by atoms with E-state index in [1.807, 2.05) is 18.2 Å². The average molecular weight is 1360 g/mol. The maximum absolute atomic E-state index is 9.86. The maximum atomic E-state index is 9.86. The molecule has 2 aromatic heterocycles. The number of fused-ring (bicyclic) bond motifs is 10. The first kappa shape index (κ1) is 54.3. The molecule has 500 valence electrons. The minimum Gasteiger partial charge on any atom is -0.311 e. The summed E-state index contributed by atoms with van der Waals surface area (Å²) in [5.41, 5.74) is 25.8. The van der Waals surface area contributed by atoms with Crippen LogP contribution in [0, 0.1) is 0 Å².